The molecule has 0 bridgehead atoms. The third-order valence-electron chi connectivity index (χ3n) is 2.55. The summed E-state index contributed by atoms with van der Waals surface area (Å²) in [7, 11) is 0. The molecule has 1 aromatic rings. The Bertz CT molecular complexity index is 396. The average Bonchev–Trinajstić information content (AvgIpc) is 2.11. The molecule has 0 saturated carbocycles. The van der Waals surface area contributed by atoms with Crippen molar-refractivity contribution in [3.05, 3.63) is 28.8 Å². The molecule has 1 atom stereocenters. The first-order valence-corrected chi connectivity index (χ1v) is 5.36. The third-order valence-corrected chi connectivity index (χ3v) is 2.55. The van der Waals surface area contributed by atoms with Gasteiger partial charge in [-0.05, 0) is 50.5 Å². The highest BCUT2D eigenvalue weighted by molar-refractivity contribution is 5.67. The van der Waals surface area contributed by atoms with Crippen LogP contribution in [0.25, 0.3) is 0 Å². The third kappa shape index (κ3) is 3.26. The fourth-order valence-electron chi connectivity index (χ4n) is 1.63. The van der Waals surface area contributed by atoms with E-state index in [-0.39, 0.29) is 12.5 Å². The van der Waals surface area contributed by atoms with Gasteiger partial charge in [0.2, 0.25) is 0 Å². The number of ether oxygens (including phenoxy) is 1. The summed E-state index contributed by atoms with van der Waals surface area (Å²) >= 11 is 0. The van der Waals surface area contributed by atoms with Crippen LogP contribution in [0.1, 0.15) is 30.0 Å². The summed E-state index contributed by atoms with van der Waals surface area (Å²) < 4.78 is 5.64. The van der Waals surface area contributed by atoms with Gasteiger partial charge in [0.05, 0.1) is 6.42 Å². The second-order valence-electron chi connectivity index (χ2n) is 4.23. The zero-order chi connectivity index (χ0) is 12.3. The Balaban J connectivity index is 2.84. The highest BCUT2D eigenvalue weighted by Crippen LogP contribution is 2.24. The predicted octanol–water partition coefficient (Wildman–Crippen LogP) is 2.85. The summed E-state index contributed by atoms with van der Waals surface area (Å²) in [6.45, 7) is 7.78. The van der Waals surface area contributed by atoms with Gasteiger partial charge in [-0.25, -0.2) is 0 Å². The molecular weight excluding hydrogens is 204 g/mol. The summed E-state index contributed by atoms with van der Waals surface area (Å²) in [6.07, 6.45) is -0.288. The monoisotopic (exact) mass is 222 g/mol. The first kappa shape index (κ1) is 12.6. The smallest absolute Gasteiger partial charge is 0.307 e. The summed E-state index contributed by atoms with van der Waals surface area (Å²) in [5, 5.41) is 8.66. The van der Waals surface area contributed by atoms with Crippen LogP contribution < -0.4 is 4.74 Å². The fourth-order valence-corrected chi connectivity index (χ4v) is 1.63. The normalized spacial score (nSPS) is 12.2. The van der Waals surface area contributed by atoms with Crippen molar-refractivity contribution in [2.75, 3.05) is 0 Å². The Hall–Kier alpha value is -1.51. The molecule has 3 heteroatoms. The number of benzene rings is 1. The first-order chi connectivity index (χ1) is 7.40. The molecule has 0 saturated heterocycles. The first-order valence-electron chi connectivity index (χ1n) is 5.36. The zero-order valence-corrected chi connectivity index (χ0v) is 10.2. The molecule has 16 heavy (non-hydrogen) atoms. The topological polar surface area (TPSA) is 46.5 Å². The molecule has 0 radical (unpaired) electrons. The minimum absolute atomic E-state index is 0.0203. The van der Waals surface area contributed by atoms with Gasteiger partial charge in [-0.15, -0.1) is 0 Å². The van der Waals surface area contributed by atoms with E-state index in [1.54, 1.807) is 6.92 Å². The number of carboxylic acid groups (broad SMARTS) is 1. The zero-order valence-electron chi connectivity index (χ0n) is 10.2. The lowest BCUT2D eigenvalue weighted by Gasteiger charge is -2.16. The van der Waals surface area contributed by atoms with Crippen LogP contribution in [0.4, 0.5) is 0 Å². The van der Waals surface area contributed by atoms with Crippen LogP contribution in [0, 0.1) is 20.8 Å². The van der Waals surface area contributed by atoms with Gasteiger partial charge in [0.1, 0.15) is 11.9 Å². The van der Waals surface area contributed by atoms with E-state index >= 15 is 0 Å². The van der Waals surface area contributed by atoms with Crippen LogP contribution >= 0.6 is 0 Å². The maximum Gasteiger partial charge on any atom is 0.307 e. The molecule has 0 heterocycles. The van der Waals surface area contributed by atoms with Crippen molar-refractivity contribution in [1.82, 2.24) is 0 Å². The second kappa shape index (κ2) is 5.01. The number of carbonyl (C=O) groups is 1. The number of rotatable bonds is 4. The van der Waals surface area contributed by atoms with Crippen LogP contribution in [-0.4, -0.2) is 17.2 Å². The van der Waals surface area contributed by atoms with Gasteiger partial charge >= 0.3 is 5.97 Å². The summed E-state index contributed by atoms with van der Waals surface area (Å²) in [6, 6.07) is 4.03. The van der Waals surface area contributed by atoms with Crippen molar-refractivity contribution in [3.8, 4) is 5.75 Å². The van der Waals surface area contributed by atoms with Gasteiger partial charge in [-0.2, -0.15) is 0 Å². The lowest BCUT2D eigenvalue weighted by molar-refractivity contribution is -0.138. The van der Waals surface area contributed by atoms with Crippen molar-refractivity contribution in [2.45, 2.75) is 40.2 Å². The van der Waals surface area contributed by atoms with E-state index in [0.717, 1.165) is 22.4 Å². The van der Waals surface area contributed by atoms with Crippen LogP contribution in [-0.2, 0) is 4.79 Å². The molecule has 1 unspecified atom stereocenters. The number of hydrogen-bond acceptors (Lipinski definition) is 2. The van der Waals surface area contributed by atoms with Crippen molar-refractivity contribution in [1.29, 1.82) is 0 Å². The maximum atomic E-state index is 10.5. The van der Waals surface area contributed by atoms with Gasteiger partial charge in [0.15, 0.2) is 0 Å². The molecule has 0 aliphatic heterocycles. The minimum atomic E-state index is -0.838. The summed E-state index contributed by atoms with van der Waals surface area (Å²) in [5.74, 6) is -0.0548. The molecule has 3 nitrogen and oxygen atoms in total. The van der Waals surface area contributed by atoms with Crippen molar-refractivity contribution < 1.29 is 14.6 Å². The van der Waals surface area contributed by atoms with E-state index in [9.17, 15) is 4.79 Å². The Kier molecular flexibility index (Phi) is 3.93. The van der Waals surface area contributed by atoms with E-state index in [4.69, 9.17) is 9.84 Å². The molecular formula is C13H18O3. The van der Waals surface area contributed by atoms with E-state index in [2.05, 4.69) is 6.07 Å². The molecule has 0 aliphatic rings. The number of aliphatic carboxylic acids is 1. The Morgan fingerprint density at radius 3 is 2.56 bits per heavy atom. The van der Waals surface area contributed by atoms with Crippen LogP contribution in [0.5, 0.6) is 5.75 Å². The number of hydrogen-bond donors (Lipinski definition) is 1. The quantitative estimate of drug-likeness (QED) is 0.852. The fraction of sp³-hybridized carbons (Fsp3) is 0.462. The van der Waals surface area contributed by atoms with Crippen LogP contribution in [0.2, 0.25) is 0 Å². The minimum Gasteiger partial charge on any atom is -0.490 e. The van der Waals surface area contributed by atoms with E-state index in [1.165, 1.54) is 0 Å². The maximum absolute atomic E-state index is 10.5. The highest BCUT2D eigenvalue weighted by atomic mass is 16.5. The summed E-state index contributed by atoms with van der Waals surface area (Å²) in [5.41, 5.74) is 3.36. The van der Waals surface area contributed by atoms with Gasteiger partial charge in [-0.3, -0.25) is 4.79 Å². The lowest BCUT2D eigenvalue weighted by atomic mass is 10.1. The van der Waals surface area contributed by atoms with Gasteiger partial charge < -0.3 is 9.84 Å². The molecule has 0 aromatic heterocycles. The average molecular weight is 222 g/mol. The SMILES string of the molecule is Cc1cc(C)c(C)c(OC(C)CC(=O)O)c1. The molecule has 0 spiro atoms. The predicted molar refractivity (Wildman–Crippen MR) is 63.0 cm³/mol. The van der Waals surface area contributed by atoms with Crippen molar-refractivity contribution in [2.24, 2.45) is 0 Å². The Morgan fingerprint density at radius 1 is 1.38 bits per heavy atom. The van der Waals surface area contributed by atoms with Crippen LogP contribution in [0.3, 0.4) is 0 Å². The highest BCUT2D eigenvalue weighted by Gasteiger charge is 2.11. The van der Waals surface area contributed by atoms with Gasteiger partial charge in [0.25, 0.3) is 0 Å². The molecule has 88 valence electrons. The molecule has 0 fully saturated rings. The van der Waals surface area contributed by atoms with Gasteiger partial charge in [0, 0.05) is 0 Å². The lowest BCUT2D eigenvalue weighted by Crippen LogP contribution is -2.17. The Labute approximate surface area is 96.1 Å². The van der Waals surface area contributed by atoms with Crippen molar-refractivity contribution in [3.63, 3.8) is 0 Å². The Morgan fingerprint density at radius 2 is 2.00 bits per heavy atom. The van der Waals surface area contributed by atoms with E-state index < -0.39 is 5.97 Å². The van der Waals surface area contributed by atoms with Crippen molar-refractivity contribution >= 4 is 5.97 Å². The molecule has 1 rings (SSSR count). The van der Waals surface area contributed by atoms with E-state index in [0.29, 0.717) is 0 Å². The van der Waals surface area contributed by atoms with Crippen LogP contribution in [0.15, 0.2) is 12.1 Å². The molecule has 1 N–H and O–H groups in total. The molecule has 0 amide bonds. The number of carboxylic acids is 1. The standard InChI is InChI=1S/C13H18O3/c1-8-5-9(2)11(4)12(6-8)16-10(3)7-13(14)15/h5-6,10H,7H2,1-4H3,(H,14,15). The second-order valence-corrected chi connectivity index (χ2v) is 4.23. The van der Waals surface area contributed by atoms with E-state index in [1.807, 2.05) is 26.8 Å². The summed E-state index contributed by atoms with van der Waals surface area (Å²) in [4.78, 5) is 10.5. The molecule has 0 aliphatic carbocycles. The largest absolute Gasteiger partial charge is 0.490 e. The van der Waals surface area contributed by atoms with Gasteiger partial charge in [-0.1, -0.05) is 6.07 Å². The molecule has 1 aromatic carbocycles. The number of aryl methyl sites for hydroxylation is 2.